The van der Waals surface area contributed by atoms with Crippen LogP contribution in [-0.2, 0) is 11.2 Å². The lowest BCUT2D eigenvalue weighted by Crippen LogP contribution is -2.36. The summed E-state index contributed by atoms with van der Waals surface area (Å²) in [7, 11) is 0. The number of phenolic OH excluding ortho intramolecular Hbond substituents is 1. The summed E-state index contributed by atoms with van der Waals surface area (Å²) < 4.78 is 5.87. The number of carbonyl (C=O) groups is 1. The lowest BCUT2D eigenvalue weighted by molar-refractivity contribution is -0.121. The van der Waals surface area contributed by atoms with Crippen molar-refractivity contribution in [3.8, 4) is 11.5 Å². The maximum Gasteiger partial charge on any atom is 0.219 e. The number of fused-ring (bicyclic) bond motifs is 3. The van der Waals surface area contributed by atoms with Gasteiger partial charge in [-0.05, 0) is 72.1 Å². The Bertz CT molecular complexity index is 1400. The second-order valence-electron chi connectivity index (χ2n) is 9.59. The van der Waals surface area contributed by atoms with Gasteiger partial charge < -0.3 is 30.2 Å². The minimum Gasteiger partial charge on any atom is -0.508 e. The summed E-state index contributed by atoms with van der Waals surface area (Å²) in [6.07, 6.45) is 1.01. The third-order valence-electron chi connectivity index (χ3n) is 7.04. The van der Waals surface area contributed by atoms with E-state index in [1.807, 2.05) is 48.5 Å². The van der Waals surface area contributed by atoms with E-state index < -0.39 is 6.10 Å². The SMILES string of the molecule is CCC(=O)NCC(O)CCOc1ccc(C2c3[nH]c4ccc(O)cc4c3CCN2c2ccc(Cl)cc2)cc1. The molecule has 0 aliphatic carbocycles. The molecule has 1 aliphatic rings. The van der Waals surface area contributed by atoms with E-state index in [1.165, 1.54) is 5.56 Å². The monoisotopic (exact) mass is 533 g/mol. The van der Waals surface area contributed by atoms with E-state index in [2.05, 4.69) is 27.3 Å². The highest BCUT2D eigenvalue weighted by Crippen LogP contribution is 2.41. The number of rotatable bonds is 9. The fourth-order valence-corrected chi connectivity index (χ4v) is 5.18. The lowest BCUT2D eigenvalue weighted by Gasteiger charge is -2.38. The molecule has 2 unspecified atom stereocenters. The van der Waals surface area contributed by atoms with Crippen molar-refractivity contribution < 1.29 is 19.7 Å². The number of aliphatic hydroxyl groups is 1. The number of H-pyrrole nitrogens is 1. The number of phenols is 1. The molecule has 5 rings (SSSR count). The first-order valence-electron chi connectivity index (χ1n) is 13.0. The van der Waals surface area contributed by atoms with Crippen molar-refractivity contribution in [2.24, 2.45) is 0 Å². The molecule has 198 valence electrons. The van der Waals surface area contributed by atoms with Crippen LogP contribution in [0.15, 0.2) is 66.7 Å². The molecule has 8 heteroatoms. The number of aromatic nitrogens is 1. The molecule has 0 saturated carbocycles. The number of halogens is 1. The highest BCUT2D eigenvalue weighted by molar-refractivity contribution is 6.30. The Morgan fingerprint density at radius 2 is 1.92 bits per heavy atom. The average Bonchev–Trinajstić information content (AvgIpc) is 3.30. The molecular formula is C30H32ClN3O4. The highest BCUT2D eigenvalue weighted by atomic mass is 35.5. The van der Waals surface area contributed by atoms with Gasteiger partial charge in [-0.25, -0.2) is 0 Å². The normalized spacial score (nSPS) is 15.8. The molecule has 4 N–H and O–H groups in total. The average molecular weight is 534 g/mol. The number of amides is 1. The third-order valence-corrected chi connectivity index (χ3v) is 7.29. The topological polar surface area (TPSA) is 97.8 Å². The molecule has 2 heterocycles. The molecule has 1 aromatic heterocycles. The summed E-state index contributed by atoms with van der Waals surface area (Å²) in [6, 6.07) is 21.3. The highest BCUT2D eigenvalue weighted by Gasteiger charge is 2.32. The zero-order valence-corrected chi connectivity index (χ0v) is 22.0. The minimum atomic E-state index is -0.653. The summed E-state index contributed by atoms with van der Waals surface area (Å²) in [6.45, 7) is 3.16. The van der Waals surface area contributed by atoms with Crippen LogP contribution in [0, 0.1) is 0 Å². The van der Waals surface area contributed by atoms with Crippen molar-refractivity contribution in [1.82, 2.24) is 10.3 Å². The quantitative estimate of drug-likeness (QED) is 0.233. The first-order valence-corrected chi connectivity index (χ1v) is 13.3. The Hall–Kier alpha value is -3.68. The molecule has 0 radical (unpaired) electrons. The van der Waals surface area contributed by atoms with Gasteiger partial charge in [0.2, 0.25) is 5.91 Å². The molecule has 0 spiro atoms. The van der Waals surface area contributed by atoms with Crippen LogP contribution < -0.4 is 15.0 Å². The number of ether oxygens (including phenoxy) is 1. The molecule has 0 saturated heterocycles. The van der Waals surface area contributed by atoms with Crippen molar-refractivity contribution >= 4 is 34.1 Å². The van der Waals surface area contributed by atoms with Crippen LogP contribution in [0.2, 0.25) is 5.02 Å². The molecule has 1 aliphatic heterocycles. The number of hydrogen-bond acceptors (Lipinski definition) is 5. The van der Waals surface area contributed by atoms with Gasteiger partial charge in [-0.2, -0.15) is 0 Å². The van der Waals surface area contributed by atoms with Gasteiger partial charge in [0.15, 0.2) is 0 Å². The van der Waals surface area contributed by atoms with Crippen LogP contribution in [0.3, 0.4) is 0 Å². The van der Waals surface area contributed by atoms with Gasteiger partial charge >= 0.3 is 0 Å². The van der Waals surface area contributed by atoms with Gasteiger partial charge in [0.25, 0.3) is 0 Å². The molecule has 2 atom stereocenters. The molecule has 1 amide bonds. The zero-order valence-electron chi connectivity index (χ0n) is 21.3. The summed E-state index contributed by atoms with van der Waals surface area (Å²) in [5.74, 6) is 0.898. The smallest absolute Gasteiger partial charge is 0.219 e. The first-order chi connectivity index (χ1) is 18.4. The molecule has 7 nitrogen and oxygen atoms in total. The number of hydrogen-bond donors (Lipinski definition) is 4. The van der Waals surface area contributed by atoms with Gasteiger partial charge in [0, 0.05) is 53.2 Å². The fraction of sp³-hybridized carbons (Fsp3) is 0.300. The Morgan fingerprint density at radius 3 is 2.66 bits per heavy atom. The number of nitrogens with zero attached hydrogens (tertiary/aromatic N) is 1. The number of aliphatic hydroxyl groups excluding tert-OH is 1. The van der Waals surface area contributed by atoms with Crippen molar-refractivity contribution in [3.05, 3.63) is 88.6 Å². The van der Waals surface area contributed by atoms with E-state index in [0.29, 0.717) is 30.2 Å². The van der Waals surface area contributed by atoms with E-state index in [0.717, 1.165) is 40.8 Å². The van der Waals surface area contributed by atoms with E-state index in [1.54, 1.807) is 13.0 Å². The Labute approximate surface area is 227 Å². The van der Waals surface area contributed by atoms with Crippen LogP contribution in [0.4, 0.5) is 5.69 Å². The van der Waals surface area contributed by atoms with Crippen molar-refractivity contribution in [1.29, 1.82) is 0 Å². The maximum absolute atomic E-state index is 11.4. The number of anilines is 1. The van der Waals surface area contributed by atoms with Crippen LogP contribution in [-0.4, -0.2) is 46.9 Å². The van der Waals surface area contributed by atoms with Crippen molar-refractivity contribution in [3.63, 3.8) is 0 Å². The van der Waals surface area contributed by atoms with Gasteiger partial charge in [0.05, 0.1) is 18.8 Å². The second-order valence-corrected chi connectivity index (χ2v) is 10.0. The summed E-state index contributed by atoms with van der Waals surface area (Å²) in [5, 5.41) is 24.6. The lowest BCUT2D eigenvalue weighted by atomic mass is 9.91. The van der Waals surface area contributed by atoms with Crippen LogP contribution in [0.25, 0.3) is 10.9 Å². The number of aromatic hydroxyl groups is 1. The molecule has 3 aromatic carbocycles. The standard InChI is InChI=1S/C30H32ClN3O4/c1-2-28(37)32-18-23(36)14-16-38-24-10-3-19(4-11-24)30-29-25(26-17-22(35)9-12-27(26)33-29)13-15-34(30)21-7-5-20(31)6-8-21/h3-12,17,23,30,33,35-36H,2,13-16,18H2,1H3,(H,32,37). The van der Waals surface area contributed by atoms with E-state index in [4.69, 9.17) is 16.3 Å². The summed E-state index contributed by atoms with van der Waals surface area (Å²) in [5.41, 5.74) is 5.51. The van der Waals surface area contributed by atoms with Crippen molar-refractivity contribution in [2.75, 3.05) is 24.6 Å². The molecule has 0 bridgehead atoms. The van der Waals surface area contributed by atoms with Gasteiger partial charge in [0.1, 0.15) is 11.5 Å². The number of aromatic amines is 1. The fourth-order valence-electron chi connectivity index (χ4n) is 5.05. The van der Waals surface area contributed by atoms with Crippen molar-refractivity contribution in [2.45, 2.75) is 38.3 Å². The minimum absolute atomic E-state index is 0.0625. The van der Waals surface area contributed by atoms with Crippen LogP contribution in [0.1, 0.15) is 42.6 Å². The van der Waals surface area contributed by atoms with E-state index in [9.17, 15) is 15.0 Å². The zero-order chi connectivity index (χ0) is 26.6. The molecule has 38 heavy (non-hydrogen) atoms. The summed E-state index contributed by atoms with van der Waals surface area (Å²) >= 11 is 6.17. The third kappa shape index (κ3) is 5.59. The second kappa shape index (κ2) is 11.4. The van der Waals surface area contributed by atoms with E-state index >= 15 is 0 Å². The molecule has 4 aromatic rings. The Kier molecular flexibility index (Phi) is 7.77. The number of benzene rings is 3. The first kappa shape index (κ1) is 25.9. The Balaban J connectivity index is 1.37. The maximum atomic E-state index is 11.4. The van der Waals surface area contributed by atoms with Crippen LogP contribution >= 0.6 is 11.6 Å². The van der Waals surface area contributed by atoms with Gasteiger partial charge in [-0.15, -0.1) is 0 Å². The summed E-state index contributed by atoms with van der Waals surface area (Å²) in [4.78, 5) is 17.4. The van der Waals surface area contributed by atoms with E-state index in [-0.39, 0.29) is 24.2 Å². The Morgan fingerprint density at radius 1 is 1.16 bits per heavy atom. The van der Waals surface area contributed by atoms with Gasteiger partial charge in [-0.1, -0.05) is 30.7 Å². The molecule has 0 fully saturated rings. The largest absolute Gasteiger partial charge is 0.508 e. The molecular weight excluding hydrogens is 502 g/mol. The number of carbonyl (C=O) groups excluding carboxylic acids is 1. The predicted octanol–water partition coefficient (Wildman–Crippen LogP) is 5.34. The van der Waals surface area contributed by atoms with Crippen LogP contribution in [0.5, 0.6) is 11.5 Å². The number of nitrogens with one attached hydrogen (secondary N) is 2. The predicted molar refractivity (Wildman–Crippen MR) is 150 cm³/mol. The van der Waals surface area contributed by atoms with Gasteiger partial charge in [-0.3, -0.25) is 4.79 Å².